The summed E-state index contributed by atoms with van der Waals surface area (Å²) in [5, 5.41) is 5.79. The van der Waals surface area contributed by atoms with Crippen LogP contribution in [0.5, 0.6) is 0 Å². The Labute approximate surface area is 314 Å². The predicted molar refractivity (Wildman–Crippen MR) is 227 cm³/mol. The van der Waals surface area contributed by atoms with Crippen molar-refractivity contribution >= 4 is 32.4 Å². The summed E-state index contributed by atoms with van der Waals surface area (Å²) in [4.78, 5) is 10.5. The lowest BCUT2D eigenvalue weighted by Crippen LogP contribution is -1.96. The van der Waals surface area contributed by atoms with E-state index in [1.807, 2.05) is 0 Å². The first-order chi connectivity index (χ1) is 26.7. The topological polar surface area (TPSA) is 25.8 Å². The highest BCUT2D eigenvalue weighted by Crippen LogP contribution is 2.38. The van der Waals surface area contributed by atoms with Crippen LogP contribution in [0.25, 0.3) is 99.6 Å². The van der Waals surface area contributed by atoms with Crippen molar-refractivity contribution in [2.45, 2.75) is 0 Å². The van der Waals surface area contributed by atoms with Crippen LogP contribution < -0.4 is 0 Å². The predicted octanol–water partition coefficient (Wildman–Crippen LogP) is 13.9. The van der Waals surface area contributed by atoms with Gasteiger partial charge in [0.1, 0.15) is 0 Å². The average Bonchev–Trinajstić information content (AvgIpc) is 3.26. The lowest BCUT2D eigenvalue weighted by atomic mass is 9.94. The van der Waals surface area contributed by atoms with Gasteiger partial charge in [-0.1, -0.05) is 182 Å². The summed E-state index contributed by atoms with van der Waals surface area (Å²) in [6, 6.07) is 73.5. The standard InChI is InChI=1S/C52H34N2/c1-2-12-35(13-3-1)40-17-8-19-42(32-40)44-21-10-22-45(34-44)43-20-9-18-41(33-43)36-26-28-39(29-27-36)52-53-49-31-30-38-15-5-7-24-47(38)50(49)51(54-52)48-25-11-16-37-14-4-6-23-46(37)48/h1-34H. The third-order valence-electron chi connectivity index (χ3n) is 10.5. The van der Waals surface area contributed by atoms with E-state index in [1.165, 1.54) is 49.5 Å². The van der Waals surface area contributed by atoms with Gasteiger partial charge in [0.05, 0.1) is 11.2 Å². The molecule has 0 aliphatic rings. The highest BCUT2D eigenvalue weighted by Gasteiger charge is 2.16. The second kappa shape index (κ2) is 13.4. The van der Waals surface area contributed by atoms with Crippen molar-refractivity contribution < 1.29 is 0 Å². The van der Waals surface area contributed by atoms with Crippen LogP contribution in [-0.4, -0.2) is 9.97 Å². The van der Waals surface area contributed by atoms with Crippen LogP contribution in [0.2, 0.25) is 0 Å². The molecule has 0 aliphatic carbocycles. The molecule has 0 spiro atoms. The summed E-state index contributed by atoms with van der Waals surface area (Å²) in [6.45, 7) is 0. The lowest BCUT2D eigenvalue weighted by molar-refractivity contribution is 1.23. The van der Waals surface area contributed by atoms with Gasteiger partial charge in [0.25, 0.3) is 0 Å². The van der Waals surface area contributed by atoms with Crippen molar-refractivity contribution in [1.29, 1.82) is 0 Å². The van der Waals surface area contributed by atoms with E-state index in [4.69, 9.17) is 9.97 Å². The fraction of sp³-hybridized carbons (Fsp3) is 0. The summed E-state index contributed by atoms with van der Waals surface area (Å²) in [5.74, 6) is 0.717. The molecule has 0 aliphatic heterocycles. The van der Waals surface area contributed by atoms with Gasteiger partial charge < -0.3 is 0 Å². The average molecular weight is 687 g/mol. The number of rotatable bonds is 6. The SMILES string of the molecule is c1ccc(-c2cccc(-c3cccc(-c4cccc(-c5ccc(-c6nc(-c7cccc8ccccc78)c7c(ccc8ccccc87)n6)cc5)c4)c3)c2)cc1. The highest BCUT2D eigenvalue weighted by atomic mass is 14.9. The number of nitrogens with zero attached hydrogens (tertiary/aromatic N) is 2. The Morgan fingerprint density at radius 1 is 0.278 bits per heavy atom. The lowest BCUT2D eigenvalue weighted by Gasteiger charge is -2.14. The van der Waals surface area contributed by atoms with Gasteiger partial charge in [-0.05, 0) is 90.3 Å². The second-order valence-corrected chi connectivity index (χ2v) is 13.8. The maximum absolute atomic E-state index is 5.34. The molecule has 9 aromatic carbocycles. The molecule has 0 saturated heterocycles. The van der Waals surface area contributed by atoms with Crippen molar-refractivity contribution in [3.63, 3.8) is 0 Å². The molecule has 0 radical (unpaired) electrons. The Morgan fingerprint density at radius 2 is 0.722 bits per heavy atom. The minimum absolute atomic E-state index is 0.717. The third kappa shape index (κ3) is 5.81. The van der Waals surface area contributed by atoms with E-state index < -0.39 is 0 Å². The van der Waals surface area contributed by atoms with Crippen molar-refractivity contribution in [2.24, 2.45) is 0 Å². The Hall–Kier alpha value is -7.16. The van der Waals surface area contributed by atoms with Crippen molar-refractivity contribution in [2.75, 3.05) is 0 Å². The highest BCUT2D eigenvalue weighted by molar-refractivity contribution is 6.15. The Kier molecular flexibility index (Phi) is 7.85. The molecule has 0 N–H and O–H groups in total. The van der Waals surface area contributed by atoms with E-state index in [1.54, 1.807) is 0 Å². The van der Waals surface area contributed by atoms with Gasteiger partial charge in [-0.15, -0.1) is 0 Å². The van der Waals surface area contributed by atoms with E-state index in [2.05, 4.69) is 206 Å². The minimum Gasteiger partial charge on any atom is -0.228 e. The van der Waals surface area contributed by atoms with Crippen molar-refractivity contribution in [1.82, 2.24) is 9.97 Å². The zero-order valence-electron chi connectivity index (χ0n) is 29.5. The van der Waals surface area contributed by atoms with Crippen molar-refractivity contribution in [3.8, 4) is 67.2 Å². The van der Waals surface area contributed by atoms with E-state index in [-0.39, 0.29) is 0 Å². The molecule has 0 saturated carbocycles. The summed E-state index contributed by atoms with van der Waals surface area (Å²) < 4.78 is 0. The Balaban J connectivity index is 1.01. The van der Waals surface area contributed by atoms with E-state index in [9.17, 15) is 0 Å². The van der Waals surface area contributed by atoms with Gasteiger partial charge in [0.2, 0.25) is 0 Å². The largest absolute Gasteiger partial charge is 0.228 e. The molecule has 0 fully saturated rings. The molecular formula is C52H34N2. The van der Waals surface area contributed by atoms with Crippen LogP contribution in [-0.2, 0) is 0 Å². The van der Waals surface area contributed by atoms with Crippen LogP contribution in [0.15, 0.2) is 206 Å². The fourth-order valence-corrected chi connectivity index (χ4v) is 7.74. The van der Waals surface area contributed by atoms with Crippen LogP contribution in [0.1, 0.15) is 0 Å². The molecule has 10 aromatic rings. The molecule has 2 heteroatoms. The van der Waals surface area contributed by atoms with Gasteiger partial charge >= 0.3 is 0 Å². The van der Waals surface area contributed by atoms with Crippen LogP contribution >= 0.6 is 0 Å². The van der Waals surface area contributed by atoms with Gasteiger partial charge in [-0.2, -0.15) is 0 Å². The molecule has 0 bridgehead atoms. The first-order valence-corrected chi connectivity index (χ1v) is 18.4. The third-order valence-corrected chi connectivity index (χ3v) is 10.5. The number of fused-ring (bicyclic) bond motifs is 4. The quantitative estimate of drug-likeness (QED) is 0.163. The summed E-state index contributed by atoms with van der Waals surface area (Å²) in [5.41, 5.74) is 13.5. The molecule has 252 valence electrons. The summed E-state index contributed by atoms with van der Waals surface area (Å²) >= 11 is 0. The summed E-state index contributed by atoms with van der Waals surface area (Å²) in [6.07, 6.45) is 0. The molecular weight excluding hydrogens is 653 g/mol. The molecule has 0 atom stereocenters. The zero-order chi connectivity index (χ0) is 35.8. The second-order valence-electron chi connectivity index (χ2n) is 13.8. The van der Waals surface area contributed by atoms with Gasteiger partial charge in [0, 0.05) is 16.5 Å². The molecule has 54 heavy (non-hydrogen) atoms. The van der Waals surface area contributed by atoms with Gasteiger partial charge in [-0.3, -0.25) is 0 Å². The van der Waals surface area contributed by atoms with Gasteiger partial charge in [-0.25, -0.2) is 9.97 Å². The molecule has 1 heterocycles. The minimum atomic E-state index is 0.717. The van der Waals surface area contributed by atoms with Crippen molar-refractivity contribution in [3.05, 3.63) is 206 Å². The first kappa shape index (κ1) is 31.6. The molecule has 0 unspecified atom stereocenters. The number of hydrogen-bond acceptors (Lipinski definition) is 2. The Morgan fingerprint density at radius 3 is 1.35 bits per heavy atom. The van der Waals surface area contributed by atoms with Crippen LogP contribution in [0.3, 0.4) is 0 Å². The monoisotopic (exact) mass is 686 g/mol. The fourth-order valence-electron chi connectivity index (χ4n) is 7.74. The smallest absolute Gasteiger partial charge is 0.160 e. The van der Waals surface area contributed by atoms with E-state index in [0.717, 1.165) is 44.2 Å². The molecule has 1 aromatic heterocycles. The van der Waals surface area contributed by atoms with Crippen LogP contribution in [0.4, 0.5) is 0 Å². The number of hydrogen-bond donors (Lipinski definition) is 0. The van der Waals surface area contributed by atoms with Crippen LogP contribution in [0, 0.1) is 0 Å². The Bertz CT molecular complexity index is 2980. The van der Waals surface area contributed by atoms with E-state index >= 15 is 0 Å². The normalized spacial score (nSPS) is 11.3. The maximum Gasteiger partial charge on any atom is 0.160 e. The summed E-state index contributed by atoms with van der Waals surface area (Å²) in [7, 11) is 0. The first-order valence-electron chi connectivity index (χ1n) is 18.4. The maximum atomic E-state index is 5.34. The van der Waals surface area contributed by atoms with E-state index in [0.29, 0.717) is 5.82 Å². The molecule has 2 nitrogen and oxygen atoms in total. The number of aromatic nitrogens is 2. The molecule has 0 amide bonds. The number of benzene rings is 9. The van der Waals surface area contributed by atoms with Gasteiger partial charge in [0.15, 0.2) is 5.82 Å². The zero-order valence-corrected chi connectivity index (χ0v) is 29.5. The molecule has 10 rings (SSSR count).